The van der Waals surface area contributed by atoms with Crippen molar-refractivity contribution in [2.45, 2.75) is 0 Å². The molecular weight excluding hydrogens is 223 g/mol. The normalized spacial score (nSPS) is 9.43. The molecule has 0 unspecified atom stereocenters. The molecule has 0 atom stereocenters. The van der Waals surface area contributed by atoms with Crippen LogP contribution in [0.2, 0.25) is 0 Å². The zero-order valence-electron chi connectivity index (χ0n) is 4.06. The summed E-state index contributed by atoms with van der Waals surface area (Å²) in [6.45, 7) is 0.321. The number of aliphatic hydroxyl groups is 1. The van der Waals surface area contributed by atoms with Crippen LogP contribution in [0.3, 0.4) is 0 Å². The highest BCUT2D eigenvalue weighted by atomic mass is 127. The summed E-state index contributed by atoms with van der Waals surface area (Å²) in [5.74, 6) is 2.06. The largest absolute Gasteiger partial charge is 0.396 e. The predicted molar refractivity (Wildman–Crippen MR) is 43.3 cm³/mol. The van der Waals surface area contributed by atoms with Gasteiger partial charge in [0.05, 0.1) is 6.61 Å². The Kier molecular flexibility index (Phi) is 8.09. The van der Waals surface area contributed by atoms with E-state index in [-0.39, 0.29) is 0 Å². The van der Waals surface area contributed by atoms with Gasteiger partial charge in [-0.3, -0.25) is 0 Å². The van der Waals surface area contributed by atoms with Gasteiger partial charge in [0, 0.05) is 15.9 Å². The van der Waals surface area contributed by atoms with Crippen LogP contribution >= 0.6 is 34.4 Å². The maximum atomic E-state index is 8.27. The van der Waals surface area contributed by atoms with Crippen molar-refractivity contribution in [3.8, 4) is 0 Å². The van der Waals surface area contributed by atoms with Crippen LogP contribution in [-0.2, 0) is 0 Å². The molecule has 0 saturated heterocycles. The molecule has 44 valence electrons. The van der Waals surface area contributed by atoms with Gasteiger partial charge in [-0.15, -0.1) is 0 Å². The molecule has 1 nitrogen and oxygen atoms in total. The second-order valence-electron chi connectivity index (χ2n) is 1.02. The van der Waals surface area contributed by atoms with Crippen molar-refractivity contribution in [3.63, 3.8) is 0 Å². The molecule has 0 aliphatic rings. The zero-order valence-corrected chi connectivity index (χ0v) is 7.04. The molecule has 0 aromatic rings. The molecule has 0 amide bonds. The van der Waals surface area contributed by atoms with Gasteiger partial charge in [-0.25, -0.2) is 0 Å². The Hall–Kier alpha value is 1.04. The fourth-order valence-electron chi connectivity index (χ4n) is 0.221. The minimum Gasteiger partial charge on any atom is -0.396 e. The first kappa shape index (κ1) is 8.04. The molecule has 0 bridgehead atoms. The van der Waals surface area contributed by atoms with Crippen LogP contribution in [0.1, 0.15) is 0 Å². The van der Waals surface area contributed by atoms with Gasteiger partial charge in [-0.1, -0.05) is 22.6 Å². The molecular formula is C4H9IOS. The number of hydrogen-bond acceptors (Lipinski definition) is 2. The molecule has 7 heavy (non-hydrogen) atoms. The minimum atomic E-state index is 0.321. The smallest absolute Gasteiger partial charge is 0.0521 e. The Balaban J connectivity index is 2.45. The fourth-order valence-corrected chi connectivity index (χ4v) is 1.60. The molecule has 0 aromatic heterocycles. The molecule has 0 fully saturated rings. The Labute approximate surface area is 62.0 Å². The van der Waals surface area contributed by atoms with E-state index in [0.29, 0.717) is 6.61 Å². The van der Waals surface area contributed by atoms with E-state index in [1.165, 1.54) is 10.2 Å². The van der Waals surface area contributed by atoms with E-state index in [1.54, 1.807) is 11.8 Å². The third-order valence-electron chi connectivity index (χ3n) is 0.457. The summed E-state index contributed by atoms with van der Waals surface area (Å²) in [5, 5.41) is 8.27. The maximum Gasteiger partial charge on any atom is 0.0521 e. The molecule has 0 aliphatic carbocycles. The van der Waals surface area contributed by atoms with E-state index in [2.05, 4.69) is 22.6 Å². The van der Waals surface area contributed by atoms with Crippen molar-refractivity contribution in [2.24, 2.45) is 0 Å². The van der Waals surface area contributed by atoms with E-state index in [4.69, 9.17) is 5.11 Å². The number of thioether (sulfide) groups is 1. The Morgan fingerprint density at radius 2 is 2.14 bits per heavy atom. The number of halogens is 1. The Morgan fingerprint density at radius 1 is 1.43 bits per heavy atom. The predicted octanol–water partition coefficient (Wildman–Crippen LogP) is 1.15. The van der Waals surface area contributed by atoms with Crippen molar-refractivity contribution < 1.29 is 5.11 Å². The van der Waals surface area contributed by atoms with E-state index in [1.807, 2.05) is 0 Å². The Morgan fingerprint density at radius 3 is 2.57 bits per heavy atom. The van der Waals surface area contributed by atoms with Crippen LogP contribution in [0.15, 0.2) is 0 Å². The number of alkyl halides is 1. The van der Waals surface area contributed by atoms with Crippen molar-refractivity contribution in [2.75, 3.05) is 22.5 Å². The van der Waals surface area contributed by atoms with Crippen LogP contribution in [0.25, 0.3) is 0 Å². The lowest BCUT2D eigenvalue weighted by Gasteiger charge is -1.90. The van der Waals surface area contributed by atoms with Crippen LogP contribution in [-0.4, -0.2) is 27.6 Å². The quantitative estimate of drug-likeness (QED) is 0.445. The highest BCUT2D eigenvalue weighted by Gasteiger charge is 1.81. The first-order chi connectivity index (χ1) is 3.41. The van der Waals surface area contributed by atoms with E-state index >= 15 is 0 Å². The van der Waals surface area contributed by atoms with Crippen molar-refractivity contribution in [1.82, 2.24) is 0 Å². The minimum absolute atomic E-state index is 0.321. The summed E-state index contributed by atoms with van der Waals surface area (Å²) in [5.41, 5.74) is 0. The van der Waals surface area contributed by atoms with Crippen LogP contribution < -0.4 is 0 Å². The number of hydrogen-bond donors (Lipinski definition) is 1. The fraction of sp³-hybridized carbons (Fsp3) is 1.00. The maximum absolute atomic E-state index is 8.27. The zero-order chi connectivity index (χ0) is 5.54. The topological polar surface area (TPSA) is 20.2 Å². The second kappa shape index (κ2) is 7.04. The molecule has 3 heteroatoms. The standard InChI is InChI=1S/C4H9IOS/c5-1-3-7-4-2-6/h6H,1-4H2. The van der Waals surface area contributed by atoms with Gasteiger partial charge in [0.2, 0.25) is 0 Å². The summed E-state index contributed by atoms with van der Waals surface area (Å²) >= 11 is 4.12. The molecule has 0 aliphatic heterocycles. The van der Waals surface area contributed by atoms with Gasteiger partial charge in [0.1, 0.15) is 0 Å². The highest BCUT2D eigenvalue weighted by molar-refractivity contribution is 14.1. The van der Waals surface area contributed by atoms with E-state index in [0.717, 1.165) is 5.75 Å². The van der Waals surface area contributed by atoms with E-state index in [9.17, 15) is 0 Å². The monoisotopic (exact) mass is 232 g/mol. The molecule has 0 saturated carbocycles. The SMILES string of the molecule is OCCSCCI. The van der Waals surface area contributed by atoms with Crippen molar-refractivity contribution in [1.29, 1.82) is 0 Å². The lowest BCUT2D eigenvalue weighted by Crippen LogP contribution is -1.87. The van der Waals surface area contributed by atoms with Crippen molar-refractivity contribution in [3.05, 3.63) is 0 Å². The van der Waals surface area contributed by atoms with Crippen LogP contribution in [0.4, 0.5) is 0 Å². The Bertz CT molecular complexity index is 30.9. The van der Waals surface area contributed by atoms with Gasteiger partial charge in [0.15, 0.2) is 0 Å². The van der Waals surface area contributed by atoms with Gasteiger partial charge in [0.25, 0.3) is 0 Å². The first-order valence-electron chi connectivity index (χ1n) is 2.16. The van der Waals surface area contributed by atoms with Crippen LogP contribution in [0.5, 0.6) is 0 Å². The summed E-state index contributed by atoms with van der Waals surface area (Å²) in [6.07, 6.45) is 0. The summed E-state index contributed by atoms with van der Waals surface area (Å²) in [7, 11) is 0. The van der Waals surface area contributed by atoms with Crippen molar-refractivity contribution >= 4 is 34.4 Å². The number of aliphatic hydroxyl groups excluding tert-OH is 1. The van der Waals surface area contributed by atoms with Gasteiger partial charge >= 0.3 is 0 Å². The second-order valence-corrected chi connectivity index (χ2v) is 3.33. The average molecular weight is 232 g/mol. The summed E-state index contributed by atoms with van der Waals surface area (Å²) in [4.78, 5) is 0. The van der Waals surface area contributed by atoms with Gasteiger partial charge < -0.3 is 5.11 Å². The lowest BCUT2D eigenvalue weighted by molar-refractivity contribution is 0.322. The highest BCUT2D eigenvalue weighted by Crippen LogP contribution is 1.99. The van der Waals surface area contributed by atoms with Gasteiger partial charge in [-0.2, -0.15) is 11.8 Å². The first-order valence-corrected chi connectivity index (χ1v) is 4.84. The third-order valence-corrected chi connectivity index (χ3v) is 2.69. The van der Waals surface area contributed by atoms with Gasteiger partial charge in [-0.05, 0) is 0 Å². The lowest BCUT2D eigenvalue weighted by atomic mass is 10.9. The molecule has 1 N–H and O–H groups in total. The summed E-state index contributed by atoms with van der Waals surface area (Å²) in [6, 6.07) is 0. The average Bonchev–Trinajstić information content (AvgIpc) is 1.69. The van der Waals surface area contributed by atoms with E-state index < -0.39 is 0 Å². The molecule has 0 aromatic carbocycles. The molecule has 0 rings (SSSR count). The molecule has 0 heterocycles. The van der Waals surface area contributed by atoms with Crippen LogP contribution in [0, 0.1) is 0 Å². The third kappa shape index (κ3) is 7.04. The molecule has 0 radical (unpaired) electrons. The number of rotatable bonds is 4. The molecule has 0 spiro atoms. The summed E-state index contributed by atoms with van der Waals surface area (Å²) < 4.78 is 1.18.